The molecule has 0 saturated carbocycles. The number of primary amides is 1. The molecule has 0 saturated heterocycles. The summed E-state index contributed by atoms with van der Waals surface area (Å²) in [6.07, 6.45) is 0. The van der Waals surface area contributed by atoms with E-state index in [2.05, 4.69) is 21.2 Å². The average Bonchev–Trinajstić information content (AvgIpc) is 2.39. The summed E-state index contributed by atoms with van der Waals surface area (Å²) in [6, 6.07) is 12.4. The molecule has 2 aromatic carbocycles. The Morgan fingerprint density at radius 2 is 1.79 bits per heavy atom. The van der Waals surface area contributed by atoms with E-state index in [4.69, 9.17) is 5.73 Å². The summed E-state index contributed by atoms with van der Waals surface area (Å²) in [5.74, 6) is -0.835. The minimum absolute atomic E-state index is 0.331. The molecule has 19 heavy (non-hydrogen) atoms. The first-order chi connectivity index (χ1) is 9.08. The zero-order chi connectivity index (χ0) is 13.8. The van der Waals surface area contributed by atoms with Crippen LogP contribution >= 0.6 is 15.9 Å². The van der Waals surface area contributed by atoms with Crippen molar-refractivity contribution in [1.82, 2.24) is 0 Å². The Kier molecular flexibility index (Phi) is 4.16. The smallest absolute Gasteiger partial charge is 0.244 e. The monoisotopic (exact) mass is 322 g/mol. The Hall–Kier alpha value is -1.88. The van der Waals surface area contributed by atoms with Gasteiger partial charge in [-0.2, -0.15) is 0 Å². The molecular weight excluding hydrogens is 311 g/mol. The van der Waals surface area contributed by atoms with Crippen LogP contribution in [0.15, 0.2) is 53.0 Å². The van der Waals surface area contributed by atoms with E-state index in [1.165, 1.54) is 12.1 Å². The number of nitrogens with one attached hydrogen (secondary N) is 1. The molecule has 2 rings (SSSR count). The summed E-state index contributed by atoms with van der Waals surface area (Å²) in [5, 5.41) is 2.99. The number of nitrogens with two attached hydrogens (primary N) is 1. The normalized spacial score (nSPS) is 11.9. The molecule has 0 spiro atoms. The van der Waals surface area contributed by atoms with Crippen molar-refractivity contribution in [1.29, 1.82) is 0 Å². The van der Waals surface area contributed by atoms with Gasteiger partial charge in [0.05, 0.1) is 0 Å². The fourth-order valence-electron chi connectivity index (χ4n) is 1.72. The summed E-state index contributed by atoms with van der Waals surface area (Å²) in [6.45, 7) is 0. The highest BCUT2D eigenvalue weighted by molar-refractivity contribution is 9.10. The van der Waals surface area contributed by atoms with E-state index in [0.717, 1.165) is 10.0 Å². The highest BCUT2D eigenvalue weighted by Gasteiger charge is 2.19. The number of anilines is 1. The molecule has 5 heteroatoms. The third kappa shape index (κ3) is 3.32. The predicted molar refractivity (Wildman–Crippen MR) is 76.1 cm³/mol. The van der Waals surface area contributed by atoms with Crippen LogP contribution in [-0.2, 0) is 4.79 Å². The topological polar surface area (TPSA) is 55.1 Å². The number of rotatable bonds is 4. The van der Waals surface area contributed by atoms with E-state index in [-0.39, 0.29) is 5.82 Å². The lowest BCUT2D eigenvalue weighted by Gasteiger charge is -2.18. The first-order valence-corrected chi connectivity index (χ1v) is 6.43. The molecule has 0 aliphatic rings. The van der Waals surface area contributed by atoms with Gasteiger partial charge in [-0.15, -0.1) is 0 Å². The summed E-state index contributed by atoms with van der Waals surface area (Å²) in [7, 11) is 0. The van der Waals surface area contributed by atoms with Crippen molar-refractivity contribution in [2.75, 3.05) is 5.32 Å². The van der Waals surface area contributed by atoms with Gasteiger partial charge in [0.25, 0.3) is 0 Å². The van der Waals surface area contributed by atoms with Crippen LogP contribution in [0.25, 0.3) is 0 Å². The third-order valence-electron chi connectivity index (χ3n) is 2.66. The zero-order valence-corrected chi connectivity index (χ0v) is 11.5. The molecular formula is C14H12BrFN2O. The average molecular weight is 323 g/mol. The van der Waals surface area contributed by atoms with E-state index < -0.39 is 11.9 Å². The molecule has 1 unspecified atom stereocenters. The van der Waals surface area contributed by atoms with Crippen molar-refractivity contribution >= 4 is 27.5 Å². The van der Waals surface area contributed by atoms with E-state index in [1.807, 2.05) is 18.2 Å². The standard InChI is InChI=1S/C14H12BrFN2O/c15-12-4-2-1-3-11(12)13(14(17)19)18-10-7-5-9(16)6-8-10/h1-8,13,18H,(H2,17,19). The van der Waals surface area contributed by atoms with Crippen LogP contribution in [0, 0.1) is 5.82 Å². The van der Waals surface area contributed by atoms with Crippen molar-refractivity contribution in [3.63, 3.8) is 0 Å². The molecule has 1 amide bonds. The minimum Gasteiger partial charge on any atom is -0.370 e. The van der Waals surface area contributed by atoms with Gasteiger partial charge in [0.15, 0.2) is 0 Å². The van der Waals surface area contributed by atoms with Crippen molar-refractivity contribution in [3.05, 3.63) is 64.4 Å². The Bertz CT molecular complexity index is 586. The van der Waals surface area contributed by atoms with Gasteiger partial charge in [-0.1, -0.05) is 34.1 Å². The quantitative estimate of drug-likeness (QED) is 0.908. The van der Waals surface area contributed by atoms with Crippen LogP contribution in [0.2, 0.25) is 0 Å². The molecule has 3 nitrogen and oxygen atoms in total. The van der Waals surface area contributed by atoms with Crippen LogP contribution in [0.4, 0.5) is 10.1 Å². The van der Waals surface area contributed by atoms with Gasteiger partial charge in [-0.25, -0.2) is 4.39 Å². The van der Waals surface area contributed by atoms with Crippen LogP contribution < -0.4 is 11.1 Å². The van der Waals surface area contributed by atoms with Crippen LogP contribution in [0.5, 0.6) is 0 Å². The first-order valence-electron chi connectivity index (χ1n) is 5.64. The minimum atomic E-state index is -0.680. The van der Waals surface area contributed by atoms with Crippen LogP contribution in [0.1, 0.15) is 11.6 Å². The summed E-state index contributed by atoms with van der Waals surface area (Å²) in [5.41, 5.74) is 6.78. The Balaban J connectivity index is 2.29. The molecule has 0 aromatic heterocycles. The first kappa shape index (κ1) is 13.5. The van der Waals surface area contributed by atoms with Gasteiger partial charge in [-0.05, 0) is 35.9 Å². The molecule has 3 N–H and O–H groups in total. The second-order valence-electron chi connectivity index (χ2n) is 4.01. The Morgan fingerprint density at radius 1 is 1.16 bits per heavy atom. The second-order valence-corrected chi connectivity index (χ2v) is 4.86. The number of hydrogen-bond acceptors (Lipinski definition) is 2. The second kappa shape index (κ2) is 5.84. The number of benzene rings is 2. The van der Waals surface area contributed by atoms with Crippen LogP contribution in [0.3, 0.4) is 0 Å². The molecule has 2 aromatic rings. The number of hydrogen-bond donors (Lipinski definition) is 2. The molecule has 0 radical (unpaired) electrons. The Morgan fingerprint density at radius 3 is 2.37 bits per heavy atom. The lowest BCUT2D eigenvalue weighted by Crippen LogP contribution is -2.28. The van der Waals surface area contributed by atoms with E-state index >= 15 is 0 Å². The largest absolute Gasteiger partial charge is 0.370 e. The maximum absolute atomic E-state index is 12.8. The van der Waals surface area contributed by atoms with E-state index in [1.54, 1.807) is 18.2 Å². The lowest BCUT2D eigenvalue weighted by molar-refractivity contribution is -0.118. The summed E-state index contributed by atoms with van der Waals surface area (Å²) < 4.78 is 13.6. The maximum atomic E-state index is 12.8. The van der Waals surface area contributed by atoms with Gasteiger partial charge < -0.3 is 11.1 Å². The van der Waals surface area contributed by atoms with Gasteiger partial charge in [-0.3, -0.25) is 4.79 Å². The van der Waals surface area contributed by atoms with E-state index in [9.17, 15) is 9.18 Å². The van der Waals surface area contributed by atoms with E-state index in [0.29, 0.717) is 5.69 Å². The zero-order valence-electron chi connectivity index (χ0n) is 9.94. The lowest BCUT2D eigenvalue weighted by atomic mass is 10.1. The number of carbonyl (C=O) groups is 1. The van der Waals surface area contributed by atoms with Crippen molar-refractivity contribution in [2.24, 2.45) is 5.73 Å². The predicted octanol–water partition coefficient (Wildman–Crippen LogP) is 3.23. The molecule has 0 bridgehead atoms. The molecule has 0 fully saturated rings. The highest BCUT2D eigenvalue weighted by atomic mass is 79.9. The van der Waals surface area contributed by atoms with Gasteiger partial charge in [0, 0.05) is 10.2 Å². The Labute approximate surface area is 118 Å². The van der Waals surface area contributed by atoms with Gasteiger partial charge in [0.2, 0.25) is 5.91 Å². The number of halogens is 2. The molecule has 0 heterocycles. The number of amides is 1. The fraction of sp³-hybridized carbons (Fsp3) is 0.0714. The van der Waals surface area contributed by atoms with Crippen molar-refractivity contribution < 1.29 is 9.18 Å². The molecule has 0 aliphatic heterocycles. The van der Waals surface area contributed by atoms with Gasteiger partial charge >= 0.3 is 0 Å². The molecule has 1 atom stereocenters. The van der Waals surface area contributed by atoms with Crippen LogP contribution in [-0.4, -0.2) is 5.91 Å². The van der Waals surface area contributed by atoms with Crippen molar-refractivity contribution in [2.45, 2.75) is 6.04 Å². The number of carbonyl (C=O) groups excluding carboxylic acids is 1. The third-order valence-corrected chi connectivity index (χ3v) is 3.38. The van der Waals surface area contributed by atoms with Crippen molar-refractivity contribution in [3.8, 4) is 0 Å². The SMILES string of the molecule is NC(=O)C(Nc1ccc(F)cc1)c1ccccc1Br. The summed E-state index contributed by atoms with van der Waals surface area (Å²) >= 11 is 3.38. The highest BCUT2D eigenvalue weighted by Crippen LogP contribution is 2.26. The molecule has 98 valence electrons. The summed E-state index contributed by atoms with van der Waals surface area (Å²) in [4.78, 5) is 11.6. The van der Waals surface area contributed by atoms with Gasteiger partial charge in [0.1, 0.15) is 11.9 Å². The fourth-order valence-corrected chi connectivity index (χ4v) is 2.24. The molecule has 0 aliphatic carbocycles. The maximum Gasteiger partial charge on any atom is 0.244 e.